The van der Waals surface area contributed by atoms with Gasteiger partial charge in [0, 0.05) is 13.1 Å². The molecule has 0 aromatic carbocycles. The van der Waals surface area contributed by atoms with Crippen LogP contribution < -0.4 is 5.32 Å². The molecule has 0 aliphatic rings. The first kappa shape index (κ1) is 16.9. The third-order valence-corrected chi connectivity index (χ3v) is 3.16. The molecule has 0 saturated carbocycles. The van der Waals surface area contributed by atoms with Crippen molar-refractivity contribution in [2.24, 2.45) is 5.41 Å². The summed E-state index contributed by atoms with van der Waals surface area (Å²) in [6, 6.07) is 0. The van der Waals surface area contributed by atoms with E-state index in [1.54, 1.807) is 0 Å². The van der Waals surface area contributed by atoms with Gasteiger partial charge in [0.2, 0.25) is 0 Å². The van der Waals surface area contributed by atoms with Crippen molar-refractivity contribution in [3.8, 4) is 0 Å². The second-order valence-corrected chi connectivity index (χ2v) is 5.93. The molecule has 0 rings (SSSR count). The van der Waals surface area contributed by atoms with Crippen molar-refractivity contribution in [3.63, 3.8) is 0 Å². The van der Waals surface area contributed by atoms with Gasteiger partial charge in [0.1, 0.15) is 0 Å². The first-order valence-corrected chi connectivity index (χ1v) is 7.48. The number of nitrogens with one attached hydrogen (secondary N) is 1. The Morgan fingerprint density at radius 1 is 0.941 bits per heavy atom. The molecule has 0 saturated heterocycles. The Kier molecular flexibility index (Phi) is 9.85. The highest BCUT2D eigenvalue weighted by Gasteiger charge is 2.20. The van der Waals surface area contributed by atoms with Crippen LogP contribution in [0.2, 0.25) is 0 Å². The molecule has 2 nitrogen and oxygen atoms in total. The van der Waals surface area contributed by atoms with Crippen molar-refractivity contribution in [1.82, 2.24) is 10.2 Å². The van der Waals surface area contributed by atoms with E-state index in [0.29, 0.717) is 5.41 Å². The van der Waals surface area contributed by atoms with Crippen LogP contribution in [0.25, 0.3) is 0 Å². The van der Waals surface area contributed by atoms with Crippen LogP contribution in [0, 0.1) is 5.41 Å². The van der Waals surface area contributed by atoms with E-state index in [9.17, 15) is 0 Å². The van der Waals surface area contributed by atoms with Gasteiger partial charge in [-0.15, -0.1) is 0 Å². The largest absolute Gasteiger partial charge is 0.316 e. The topological polar surface area (TPSA) is 15.3 Å². The van der Waals surface area contributed by atoms with Crippen molar-refractivity contribution in [1.29, 1.82) is 0 Å². The molecule has 104 valence electrons. The second kappa shape index (κ2) is 9.90. The molecular weight excluding hydrogens is 208 g/mol. The standard InChI is InChI=1S/C15H34N2/c1-6-9-11-17(12-10-7-2)14-15(4,5)13-16-8-3/h16H,6-14H2,1-5H3. The maximum Gasteiger partial charge on any atom is 0.00448 e. The van der Waals surface area contributed by atoms with Crippen molar-refractivity contribution in [2.75, 3.05) is 32.7 Å². The van der Waals surface area contributed by atoms with Gasteiger partial charge in [0.05, 0.1) is 0 Å². The third kappa shape index (κ3) is 9.61. The van der Waals surface area contributed by atoms with Crippen LogP contribution in [-0.2, 0) is 0 Å². The molecule has 2 heteroatoms. The van der Waals surface area contributed by atoms with Gasteiger partial charge < -0.3 is 10.2 Å². The molecule has 0 aromatic rings. The van der Waals surface area contributed by atoms with Gasteiger partial charge in [0.15, 0.2) is 0 Å². The van der Waals surface area contributed by atoms with Crippen molar-refractivity contribution >= 4 is 0 Å². The lowest BCUT2D eigenvalue weighted by Crippen LogP contribution is -2.41. The Morgan fingerprint density at radius 3 is 1.88 bits per heavy atom. The SMILES string of the molecule is CCCCN(CCCC)CC(C)(C)CNCC. The van der Waals surface area contributed by atoms with Crippen LogP contribution in [0.1, 0.15) is 60.3 Å². The summed E-state index contributed by atoms with van der Waals surface area (Å²) >= 11 is 0. The number of hydrogen-bond acceptors (Lipinski definition) is 2. The van der Waals surface area contributed by atoms with Crippen molar-refractivity contribution in [3.05, 3.63) is 0 Å². The first-order chi connectivity index (χ1) is 8.05. The zero-order valence-corrected chi connectivity index (χ0v) is 12.8. The Bertz CT molecular complexity index is 158. The van der Waals surface area contributed by atoms with E-state index in [0.717, 1.165) is 13.1 Å². The van der Waals surface area contributed by atoms with Crippen LogP contribution in [0.4, 0.5) is 0 Å². The summed E-state index contributed by atoms with van der Waals surface area (Å²) in [4.78, 5) is 2.66. The average Bonchev–Trinajstić information content (AvgIpc) is 2.30. The minimum atomic E-state index is 0.386. The molecule has 17 heavy (non-hydrogen) atoms. The van der Waals surface area contributed by atoms with E-state index in [-0.39, 0.29) is 0 Å². The first-order valence-electron chi connectivity index (χ1n) is 7.48. The van der Waals surface area contributed by atoms with Gasteiger partial charge in [-0.05, 0) is 37.9 Å². The van der Waals surface area contributed by atoms with Crippen molar-refractivity contribution < 1.29 is 0 Å². The van der Waals surface area contributed by atoms with Gasteiger partial charge in [-0.25, -0.2) is 0 Å². The average molecular weight is 242 g/mol. The molecule has 0 heterocycles. The highest BCUT2D eigenvalue weighted by atomic mass is 15.1. The summed E-state index contributed by atoms with van der Waals surface area (Å²) in [6.45, 7) is 17.5. The fourth-order valence-corrected chi connectivity index (χ4v) is 2.16. The zero-order valence-electron chi connectivity index (χ0n) is 12.8. The Labute approximate surface area is 109 Å². The summed E-state index contributed by atoms with van der Waals surface area (Å²) in [7, 11) is 0. The van der Waals surface area contributed by atoms with Crippen LogP contribution in [0.5, 0.6) is 0 Å². The minimum Gasteiger partial charge on any atom is -0.316 e. The second-order valence-electron chi connectivity index (χ2n) is 5.93. The maximum absolute atomic E-state index is 3.48. The monoisotopic (exact) mass is 242 g/mol. The zero-order chi connectivity index (χ0) is 13.1. The van der Waals surface area contributed by atoms with Gasteiger partial charge in [-0.2, -0.15) is 0 Å². The maximum atomic E-state index is 3.48. The summed E-state index contributed by atoms with van der Waals surface area (Å²) in [5.41, 5.74) is 0.386. The van der Waals surface area contributed by atoms with Gasteiger partial charge in [-0.1, -0.05) is 47.5 Å². The Hall–Kier alpha value is -0.0800. The molecule has 0 amide bonds. The normalized spacial score (nSPS) is 12.4. The fourth-order valence-electron chi connectivity index (χ4n) is 2.16. The van der Waals surface area contributed by atoms with Crippen LogP contribution in [0.3, 0.4) is 0 Å². The molecule has 0 aromatic heterocycles. The lowest BCUT2D eigenvalue weighted by atomic mass is 9.92. The van der Waals surface area contributed by atoms with E-state index in [1.807, 2.05) is 0 Å². The smallest absolute Gasteiger partial charge is 0.00448 e. The quantitative estimate of drug-likeness (QED) is 0.596. The third-order valence-electron chi connectivity index (χ3n) is 3.16. The van der Waals surface area contributed by atoms with Crippen LogP contribution in [0.15, 0.2) is 0 Å². The number of nitrogens with zero attached hydrogens (tertiary/aromatic N) is 1. The molecule has 1 N–H and O–H groups in total. The Balaban J connectivity index is 4.08. The van der Waals surface area contributed by atoms with Crippen LogP contribution >= 0.6 is 0 Å². The Morgan fingerprint density at radius 2 is 1.47 bits per heavy atom. The number of rotatable bonds is 11. The van der Waals surface area contributed by atoms with Gasteiger partial charge in [-0.3, -0.25) is 0 Å². The summed E-state index contributed by atoms with van der Waals surface area (Å²) in [5, 5.41) is 3.48. The summed E-state index contributed by atoms with van der Waals surface area (Å²) in [5.74, 6) is 0. The molecule has 0 atom stereocenters. The number of hydrogen-bond donors (Lipinski definition) is 1. The molecule has 0 bridgehead atoms. The molecule has 0 aliphatic carbocycles. The predicted molar refractivity (Wildman–Crippen MR) is 78.6 cm³/mol. The van der Waals surface area contributed by atoms with E-state index in [1.165, 1.54) is 45.3 Å². The van der Waals surface area contributed by atoms with E-state index in [2.05, 4.69) is 44.8 Å². The molecule has 0 unspecified atom stereocenters. The van der Waals surface area contributed by atoms with Gasteiger partial charge in [0.25, 0.3) is 0 Å². The summed E-state index contributed by atoms with van der Waals surface area (Å²) in [6.07, 6.45) is 5.27. The number of unbranched alkanes of at least 4 members (excludes halogenated alkanes) is 2. The molecule has 0 fully saturated rings. The molecule has 0 radical (unpaired) electrons. The highest BCUT2D eigenvalue weighted by Crippen LogP contribution is 2.16. The molecule has 0 spiro atoms. The highest BCUT2D eigenvalue weighted by molar-refractivity contribution is 4.76. The van der Waals surface area contributed by atoms with E-state index in [4.69, 9.17) is 0 Å². The van der Waals surface area contributed by atoms with Crippen molar-refractivity contribution in [2.45, 2.75) is 60.3 Å². The lowest BCUT2D eigenvalue weighted by Gasteiger charge is -2.33. The lowest BCUT2D eigenvalue weighted by molar-refractivity contribution is 0.170. The molecule has 0 aliphatic heterocycles. The van der Waals surface area contributed by atoms with E-state index < -0.39 is 0 Å². The van der Waals surface area contributed by atoms with E-state index >= 15 is 0 Å². The molecular formula is C15H34N2. The van der Waals surface area contributed by atoms with Gasteiger partial charge >= 0.3 is 0 Å². The minimum absolute atomic E-state index is 0.386. The predicted octanol–water partition coefficient (Wildman–Crippen LogP) is 3.52. The van der Waals surface area contributed by atoms with Crippen LogP contribution in [-0.4, -0.2) is 37.6 Å². The fraction of sp³-hybridized carbons (Fsp3) is 1.00. The summed E-state index contributed by atoms with van der Waals surface area (Å²) < 4.78 is 0.